The lowest BCUT2D eigenvalue weighted by atomic mass is 10.1. The number of hydrogen-bond donors (Lipinski definition) is 4. The average Bonchev–Trinajstić information content (AvgIpc) is 2.54. The lowest BCUT2D eigenvalue weighted by Crippen LogP contribution is -2.34. The predicted octanol–water partition coefficient (Wildman–Crippen LogP) is 3.30. The van der Waals surface area contributed by atoms with Crippen LogP contribution in [0.1, 0.15) is 19.4 Å². The highest BCUT2D eigenvalue weighted by atomic mass is 19.4. The first-order valence-electron chi connectivity index (χ1n) is 7.67. The third-order valence-electron chi connectivity index (χ3n) is 3.01. The number of carbonyl (C=O) groups excluding carboxylic acids is 1. The molecule has 5 N–H and O–H groups in total. The van der Waals surface area contributed by atoms with E-state index in [4.69, 9.17) is 15.7 Å². The number of halogens is 3. The van der Waals surface area contributed by atoms with Crippen molar-refractivity contribution in [1.82, 2.24) is 5.32 Å². The second-order valence-corrected chi connectivity index (χ2v) is 5.66. The second-order valence-electron chi connectivity index (χ2n) is 5.66. The van der Waals surface area contributed by atoms with E-state index in [1.807, 2.05) is 50.2 Å². The van der Waals surface area contributed by atoms with Crippen molar-refractivity contribution in [3.05, 3.63) is 42.0 Å². The number of nitrogens with two attached hydrogens (primary N) is 1. The van der Waals surface area contributed by atoms with Crippen molar-refractivity contribution < 1.29 is 27.9 Å². The lowest BCUT2D eigenvalue weighted by molar-refractivity contribution is -0.192. The number of nitrogens with zero attached hydrogens (tertiary/aromatic N) is 1. The summed E-state index contributed by atoms with van der Waals surface area (Å²) in [5.74, 6) is 2.38. The van der Waals surface area contributed by atoms with Gasteiger partial charge < -0.3 is 21.6 Å². The van der Waals surface area contributed by atoms with Crippen LogP contribution in [0.25, 0.3) is 10.8 Å². The van der Waals surface area contributed by atoms with Gasteiger partial charge in [-0.2, -0.15) is 18.3 Å². The number of hydrazone groups is 1. The molecule has 2 aromatic carbocycles. The number of amides is 2. The molecule has 27 heavy (non-hydrogen) atoms. The molecule has 0 bridgehead atoms. The van der Waals surface area contributed by atoms with E-state index in [2.05, 4.69) is 15.7 Å². The van der Waals surface area contributed by atoms with E-state index in [-0.39, 0.29) is 12.1 Å². The fraction of sp³-hybridized carbons (Fsp3) is 0.235. The van der Waals surface area contributed by atoms with Crippen LogP contribution < -0.4 is 16.5 Å². The Morgan fingerprint density at radius 1 is 1.15 bits per heavy atom. The van der Waals surface area contributed by atoms with Gasteiger partial charge in [-0.25, -0.2) is 9.59 Å². The van der Waals surface area contributed by atoms with E-state index in [0.717, 1.165) is 22.0 Å². The summed E-state index contributed by atoms with van der Waals surface area (Å²) in [6, 6.07) is 11.5. The Kier molecular flexibility index (Phi) is 7.58. The summed E-state index contributed by atoms with van der Waals surface area (Å²) in [7, 11) is 0. The van der Waals surface area contributed by atoms with E-state index < -0.39 is 12.1 Å². The smallest absolute Gasteiger partial charge is 0.475 e. The van der Waals surface area contributed by atoms with E-state index in [1.54, 1.807) is 6.21 Å². The van der Waals surface area contributed by atoms with Crippen molar-refractivity contribution in [2.45, 2.75) is 26.1 Å². The first-order valence-corrected chi connectivity index (χ1v) is 7.67. The minimum absolute atomic E-state index is 0.105. The number of alkyl halides is 3. The molecule has 2 aromatic rings. The number of nitrogens with one attached hydrogen (secondary N) is 2. The van der Waals surface area contributed by atoms with E-state index in [1.165, 1.54) is 0 Å². The number of urea groups is 1. The summed E-state index contributed by atoms with van der Waals surface area (Å²) >= 11 is 0. The molecule has 0 atom stereocenters. The molecular formula is C17H19F3N4O3. The number of fused-ring (bicyclic) bond motifs is 1. The standard InChI is InChI=1S/C15H18N4O.C2HF3O2/c1-10(2)18-15(20)19-14-6-5-12-7-11(9-17-16)3-4-13(12)8-14;3-2(4,5)1(6)7/h3-10H,16H2,1-2H3,(H2,18,19,20);(H,6,7)/b17-9-;. The largest absolute Gasteiger partial charge is 0.490 e. The number of carboxylic acids is 1. The van der Waals surface area contributed by atoms with Crippen molar-refractivity contribution in [1.29, 1.82) is 0 Å². The molecule has 0 heterocycles. The maximum atomic E-state index is 11.6. The maximum absolute atomic E-state index is 11.6. The molecule has 10 heteroatoms. The fourth-order valence-electron chi connectivity index (χ4n) is 1.94. The van der Waals surface area contributed by atoms with Crippen LogP contribution in [0.15, 0.2) is 41.5 Å². The van der Waals surface area contributed by atoms with Gasteiger partial charge in [0, 0.05) is 11.7 Å². The van der Waals surface area contributed by atoms with Gasteiger partial charge in [0.15, 0.2) is 0 Å². The quantitative estimate of drug-likeness (QED) is 0.369. The van der Waals surface area contributed by atoms with Crippen LogP contribution in [0, 0.1) is 0 Å². The number of carbonyl (C=O) groups is 2. The summed E-state index contributed by atoms with van der Waals surface area (Å²) in [6.45, 7) is 3.83. The minimum Gasteiger partial charge on any atom is -0.475 e. The molecule has 0 aromatic heterocycles. The molecule has 0 fully saturated rings. The number of benzene rings is 2. The van der Waals surface area contributed by atoms with Crippen LogP contribution >= 0.6 is 0 Å². The number of hydrogen-bond acceptors (Lipinski definition) is 4. The molecule has 0 radical (unpaired) electrons. The van der Waals surface area contributed by atoms with Crippen molar-refractivity contribution in [2.24, 2.45) is 10.9 Å². The van der Waals surface area contributed by atoms with Crippen LogP contribution in [0.2, 0.25) is 0 Å². The Morgan fingerprint density at radius 3 is 2.22 bits per heavy atom. The molecular weight excluding hydrogens is 365 g/mol. The Morgan fingerprint density at radius 2 is 1.70 bits per heavy atom. The van der Waals surface area contributed by atoms with Gasteiger partial charge in [0.2, 0.25) is 0 Å². The first kappa shape index (κ1) is 21.7. The van der Waals surface area contributed by atoms with E-state index in [9.17, 15) is 18.0 Å². The number of rotatable bonds is 3. The van der Waals surface area contributed by atoms with Gasteiger partial charge in [-0.3, -0.25) is 0 Å². The second kappa shape index (κ2) is 9.41. The first-order chi connectivity index (χ1) is 12.5. The highest BCUT2D eigenvalue weighted by Crippen LogP contribution is 2.20. The van der Waals surface area contributed by atoms with Crippen LogP contribution in [0.4, 0.5) is 23.7 Å². The minimum atomic E-state index is -5.08. The summed E-state index contributed by atoms with van der Waals surface area (Å²) in [5.41, 5.74) is 1.70. The van der Waals surface area contributed by atoms with Crippen LogP contribution in [0.3, 0.4) is 0 Å². The third kappa shape index (κ3) is 7.63. The number of anilines is 1. The molecule has 0 aliphatic rings. The molecule has 0 saturated heterocycles. The van der Waals surface area contributed by atoms with Gasteiger partial charge in [-0.15, -0.1) is 0 Å². The lowest BCUT2D eigenvalue weighted by Gasteiger charge is -2.10. The Balaban J connectivity index is 0.000000445. The molecule has 0 unspecified atom stereocenters. The van der Waals surface area contributed by atoms with Crippen LogP contribution in [-0.2, 0) is 4.79 Å². The average molecular weight is 384 g/mol. The zero-order valence-corrected chi connectivity index (χ0v) is 14.5. The molecule has 0 aliphatic heterocycles. The van der Waals surface area contributed by atoms with Gasteiger partial charge in [0.05, 0.1) is 6.21 Å². The van der Waals surface area contributed by atoms with Gasteiger partial charge in [-0.1, -0.05) is 18.2 Å². The normalized spacial score (nSPS) is 11.2. The number of aliphatic carboxylic acids is 1. The fourth-order valence-corrected chi connectivity index (χ4v) is 1.94. The molecule has 7 nitrogen and oxygen atoms in total. The van der Waals surface area contributed by atoms with Crippen molar-refractivity contribution >= 4 is 34.7 Å². The van der Waals surface area contributed by atoms with Crippen molar-refractivity contribution in [3.8, 4) is 0 Å². The summed E-state index contributed by atoms with van der Waals surface area (Å²) < 4.78 is 31.7. The van der Waals surface area contributed by atoms with E-state index >= 15 is 0 Å². The summed E-state index contributed by atoms with van der Waals surface area (Å²) in [6.07, 6.45) is -3.48. The molecule has 0 spiro atoms. The van der Waals surface area contributed by atoms with Gasteiger partial charge >= 0.3 is 18.2 Å². The molecule has 146 valence electrons. The topological polar surface area (TPSA) is 117 Å². The predicted molar refractivity (Wildman–Crippen MR) is 96.7 cm³/mol. The molecule has 0 aliphatic carbocycles. The zero-order chi connectivity index (χ0) is 20.6. The summed E-state index contributed by atoms with van der Waals surface area (Å²) in [5, 5.41) is 18.3. The summed E-state index contributed by atoms with van der Waals surface area (Å²) in [4.78, 5) is 20.5. The Labute approximate surface area is 153 Å². The maximum Gasteiger partial charge on any atom is 0.490 e. The van der Waals surface area contributed by atoms with Crippen molar-refractivity contribution in [2.75, 3.05) is 5.32 Å². The molecule has 2 rings (SSSR count). The Bertz CT molecular complexity index is 836. The van der Waals surface area contributed by atoms with Crippen LogP contribution in [-0.4, -0.2) is 35.5 Å². The highest BCUT2D eigenvalue weighted by molar-refractivity contribution is 5.95. The Hall–Kier alpha value is -3.30. The van der Waals surface area contributed by atoms with Crippen molar-refractivity contribution in [3.63, 3.8) is 0 Å². The van der Waals surface area contributed by atoms with Gasteiger partial charge in [0.25, 0.3) is 0 Å². The van der Waals surface area contributed by atoms with E-state index in [0.29, 0.717) is 0 Å². The SMILES string of the molecule is CC(C)NC(=O)Nc1ccc2cc(/C=N\N)ccc2c1.O=C(O)C(F)(F)F. The zero-order valence-electron chi connectivity index (χ0n) is 14.5. The van der Waals surface area contributed by atoms with Gasteiger partial charge in [0.1, 0.15) is 0 Å². The van der Waals surface area contributed by atoms with Crippen LogP contribution in [0.5, 0.6) is 0 Å². The highest BCUT2D eigenvalue weighted by Gasteiger charge is 2.38. The monoisotopic (exact) mass is 384 g/mol. The third-order valence-corrected chi connectivity index (χ3v) is 3.01. The molecule has 0 saturated carbocycles. The number of carboxylic acid groups (broad SMARTS) is 1. The molecule has 2 amide bonds. The van der Waals surface area contributed by atoms with Gasteiger partial charge in [-0.05, 0) is 48.4 Å².